The summed E-state index contributed by atoms with van der Waals surface area (Å²) in [5, 5.41) is 11.8. The van der Waals surface area contributed by atoms with Gasteiger partial charge in [-0.3, -0.25) is 34.0 Å². The van der Waals surface area contributed by atoms with E-state index in [0.29, 0.717) is 62.2 Å². The number of hydrogen-bond donors (Lipinski definition) is 1. The summed E-state index contributed by atoms with van der Waals surface area (Å²) < 4.78 is 25.4. The third kappa shape index (κ3) is 43.8. The van der Waals surface area contributed by atoms with Gasteiger partial charge in [-0.2, -0.15) is 0 Å². The lowest BCUT2D eigenvalue weighted by Gasteiger charge is -2.47. The predicted molar refractivity (Wildman–Crippen MR) is 410 cm³/mol. The maximum atomic E-state index is 14.6. The largest absolute Gasteiger partial charge is 0.465 e. The molecular formula is C85H164N4O8. The van der Waals surface area contributed by atoms with E-state index in [1.54, 1.807) is 0 Å². The highest BCUT2D eigenvalue weighted by molar-refractivity contribution is 5.82. The lowest BCUT2D eigenvalue weighted by molar-refractivity contribution is -0.163. The summed E-state index contributed by atoms with van der Waals surface area (Å²) in [6.07, 6.45) is 60.9. The second-order valence-corrected chi connectivity index (χ2v) is 31.5. The summed E-state index contributed by atoms with van der Waals surface area (Å²) in [5.74, 6) is 0.904. The van der Waals surface area contributed by atoms with Gasteiger partial charge < -0.3 is 24.1 Å². The second-order valence-electron chi connectivity index (χ2n) is 31.5. The van der Waals surface area contributed by atoms with Gasteiger partial charge >= 0.3 is 17.9 Å². The van der Waals surface area contributed by atoms with Gasteiger partial charge in [0.05, 0.1) is 32.8 Å². The lowest BCUT2D eigenvalue weighted by Crippen LogP contribution is -2.58. The Morgan fingerprint density at radius 1 is 0.320 bits per heavy atom. The lowest BCUT2D eigenvalue weighted by atomic mass is 9.94. The van der Waals surface area contributed by atoms with Crippen molar-refractivity contribution in [3.63, 3.8) is 0 Å². The number of rotatable bonds is 66. The SMILES string of the molecule is CCCCCCCCC(CCCCCC)COC(=O)C(CC(=O)OCC(CCCCCC)CCCCCCC)N1CCC(N2CCN(C3CCN(C(CC(O)OCC(CCCCCC)CCCCCCCC)C(=O)OCC(CCCCCC)CCCCCCCC)CC3)CC2)CC1. The normalized spacial score (nSPS) is 18.0. The third-order valence-corrected chi connectivity index (χ3v) is 23.0. The van der Waals surface area contributed by atoms with E-state index in [2.05, 4.69) is 75.0 Å². The molecule has 0 amide bonds. The Hall–Kier alpha value is -1.83. The minimum Gasteiger partial charge on any atom is -0.465 e. The average Bonchev–Trinajstić information content (AvgIpc) is 0.952. The van der Waals surface area contributed by atoms with Crippen molar-refractivity contribution in [2.24, 2.45) is 23.7 Å². The average molecular weight is 1370 g/mol. The van der Waals surface area contributed by atoms with E-state index in [-0.39, 0.29) is 30.7 Å². The molecule has 3 heterocycles. The van der Waals surface area contributed by atoms with E-state index in [1.807, 2.05) is 0 Å². The molecule has 7 unspecified atom stereocenters. The smallest absolute Gasteiger partial charge is 0.323 e. The van der Waals surface area contributed by atoms with Crippen LogP contribution in [0, 0.1) is 23.7 Å². The summed E-state index contributed by atoms with van der Waals surface area (Å²) in [5.41, 5.74) is 0. The van der Waals surface area contributed by atoms with Crippen LogP contribution >= 0.6 is 0 Å². The number of likely N-dealkylation sites (tertiary alicyclic amines) is 2. The van der Waals surface area contributed by atoms with Gasteiger partial charge in [-0.1, -0.05) is 306 Å². The van der Waals surface area contributed by atoms with E-state index in [9.17, 15) is 19.5 Å². The first-order chi connectivity index (χ1) is 47.5. The Balaban J connectivity index is 1.70. The minimum atomic E-state index is -1.01. The Morgan fingerprint density at radius 3 is 0.876 bits per heavy atom. The van der Waals surface area contributed by atoms with Crippen LogP contribution in [0.1, 0.15) is 396 Å². The molecule has 0 saturated carbocycles. The van der Waals surface area contributed by atoms with Gasteiger partial charge in [0, 0.05) is 70.9 Å². The molecule has 3 fully saturated rings. The molecule has 572 valence electrons. The first kappa shape index (κ1) is 89.4. The van der Waals surface area contributed by atoms with Crippen LogP contribution in [-0.2, 0) is 33.3 Å². The molecule has 0 spiro atoms. The number of piperazine rings is 1. The van der Waals surface area contributed by atoms with Crippen molar-refractivity contribution >= 4 is 17.9 Å². The fourth-order valence-electron chi connectivity index (χ4n) is 16.2. The third-order valence-electron chi connectivity index (χ3n) is 23.0. The molecule has 0 radical (unpaired) electrons. The molecular weight excluding hydrogens is 1200 g/mol. The molecule has 7 atom stereocenters. The fraction of sp³-hybridized carbons (Fsp3) is 0.965. The monoisotopic (exact) mass is 1370 g/mol. The number of unbranched alkanes of at least 4 members (excludes halogenated alkanes) is 31. The second kappa shape index (κ2) is 61.6. The quantitative estimate of drug-likeness (QED) is 0.0270. The number of esters is 3. The number of carbonyl (C=O) groups excluding carboxylic acids is 3. The highest BCUT2D eigenvalue weighted by Gasteiger charge is 2.39. The highest BCUT2D eigenvalue weighted by atomic mass is 16.6. The van der Waals surface area contributed by atoms with Gasteiger partial charge in [0.2, 0.25) is 0 Å². The van der Waals surface area contributed by atoms with Gasteiger partial charge in [0.1, 0.15) is 12.1 Å². The van der Waals surface area contributed by atoms with E-state index in [1.165, 1.54) is 250 Å². The number of aliphatic hydroxyl groups excluding tert-OH is 1. The summed E-state index contributed by atoms with van der Waals surface area (Å²) >= 11 is 0. The zero-order valence-electron chi connectivity index (χ0n) is 65.8. The molecule has 0 bridgehead atoms. The first-order valence-corrected chi connectivity index (χ1v) is 43.3. The van der Waals surface area contributed by atoms with Crippen molar-refractivity contribution in [3.8, 4) is 0 Å². The van der Waals surface area contributed by atoms with Gasteiger partial charge in [-0.15, -0.1) is 0 Å². The Morgan fingerprint density at radius 2 is 0.567 bits per heavy atom. The Bertz CT molecular complexity index is 1790. The van der Waals surface area contributed by atoms with Crippen molar-refractivity contribution in [1.82, 2.24) is 19.6 Å². The molecule has 12 heteroatoms. The molecule has 0 aromatic carbocycles. The Labute approximate surface area is 601 Å². The zero-order valence-corrected chi connectivity index (χ0v) is 65.8. The van der Waals surface area contributed by atoms with Gasteiger partial charge in [-0.25, -0.2) is 0 Å². The predicted octanol–water partition coefficient (Wildman–Crippen LogP) is 22.0. The maximum absolute atomic E-state index is 14.6. The number of piperidine rings is 2. The van der Waals surface area contributed by atoms with E-state index in [4.69, 9.17) is 18.9 Å². The first-order valence-electron chi connectivity index (χ1n) is 43.3. The van der Waals surface area contributed by atoms with Crippen molar-refractivity contribution in [2.45, 2.75) is 426 Å². The van der Waals surface area contributed by atoms with Gasteiger partial charge in [0.25, 0.3) is 0 Å². The van der Waals surface area contributed by atoms with E-state index in [0.717, 1.165) is 129 Å². The van der Waals surface area contributed by atoms with Crippen LogP contribution in [0.15, 0.2) is 0 Å². The molecule has 97 heavy (non-hydrogen) atoms. The summed E-state index contributed by atoms with van der Waals surface area (Å²) in [6.45, 7) is 27.4. The number of nitrogens with zero attached hydrogens (tertiary/aromatic N) is 4. The van der Waals surface area contributed by atoms with Crippen LogP contribution in [0.2, 0.25) is 0 Å². The van der Waals surface area contributed by atoms with Crippen molar-refractivity contribution in [1.29, 1.82) is 0 Å². The van der Waals surface area contributed by atoms with Gasteiger partial charge in [-0.05, 0) is 101 Å². The molecule has 3 aliphatic heterocycles. The topological polar surface area (TPSA) is 121 Å². The molecule has 3 rings (SSSR count). The maximum Gasteiger partial charge on any atom is 0.323 e. The van der Waals surface area contributed by atoms with Crippen LogP contribution in [0.25, 0.3) is 0 Å². The minimum absolute atomic E-state index is 0.0624. The summed E-state index contributed by atoms with van der Waals surface area (Å²) in [7, 11) is 0. The van der Waals surface area contributed by atoms with Crippen LogP contribution in [-0.4, -0.2) is 152 Å². The zero-order chi connectivity index (χ0) is 70.0. The number of carbonyl (C=O) groups is 3. The van der Waals surface area contributed by atoms with Crippen LogP contribution in [0.4, 0.5) is 0 Å². The van der Waals surface area contributed by atoms with Crippen molar-refractivity contribution in [2.75, 3.05) is 78.8 Å². The molecule has 12 nitrogen and oxygen atoms in total. The highest BCUT2D eigenvalue weighted by Crippen LogP contribution is 2.30. The Kier molecular flexibility index (Phi) is 56.8. The molecule has 3 saturated heterocycles. The summed E-state index contributed by atoms with van der Waals surface area (Å²) in [4.78, 5) is 53.3. The molecule has 0 aliphatic carbocycles. The molecule has 0 aromatic heterocycles. The standard InChI is InChI=1S/C85H164N4O8/c1-9-17-25-33-37-45-53-75(49-41-30-22-14-6)71-95-83(91)69-81(85(93)97-73-77(51-43-32-24-16-8)55-47-39-35-27-19-11-3)89-62-58-79(59-63-89)87-66-64-86(65-67-87)78-56-60-88(61-57-78)80(68-82(90)94-70-74(48-40-29-21-13-5)52-44-36-28-20-12-4)84(92)96-72-76(50-42-31-23-15-7)54-46-38-34-26-18-10-2/h74-81,83,91H,9-73H2,1-8H3. The van der Waals surface area contributed by atoms with E-state index >= 15 is 0 Å². The van der Waals surface area contributed by atoms with Crippen LogP contribution in [0.3, 0.4) is 0 Å². The van der Waals surface area contributed by atoms with Crippen molar-refractivity contribution in [3.05, 3.63) is 0 Å². The summed E-state index contributed by atoms with van der Waals surface area (Å²) in [6, 6.07) is -0.256. The molecule has 1 N–H and O–H groups in total. The van der Waals surface area contributed by atoms with Crippen LogP contribution in [0.5, 0.6) is 0 Å². The number of hydrogen-bond acceptors (Lipinski definition) is 12. The van der Waals surface area contributed by atoms with Crippen molar-refractivity contribution < 1.29 is 38.4 Å². The van der Waals surface area contributed by atoms with Gasteiger partial charge in [0.15, 0.2) is 6.29 Å². The molecule has 0 aromatic rings. The fourth-order valence-corrected chi connectivity index (χ4v) is 16.2. The molecule has 3 aliphatic rings. The van der Waals surface area contributed by atoms with E-state index < -0.39 is 18.4 Å². The number of ether oxygens (including phenoxy) is 4. The van der Waals surface area contributed by atoms with Crippen LogP contribution < -0.4 is 0 Å². The number of aliphatic hydroxyl groups is 1.